The molecular weight excluding hydrogens is 545 g/mol. The predicted molar refractivity (Wildman–Crippen MR) is 150 cm³/mol. The van der Waals surface area contributed by atoms with Crippen LogP contribution in [-0.4, -0.2) is 68.9 Å². The molecule has 2 fully saturated rings. The van der Waals surface area contributed by atoms with Crippen LogP contribution >= 0.6 is 7.60 Å². The van der Waals surface area contributed by atoms with Crippen molar-refractivity contribution < 1.29 is 36.1 Å². The summed E-state index contributed by atoms with van der Waals surface area (Å²) in [6, 6.07) is 11.0. The van der Waals surface area contributed by atoms with Gasteiger partial charge < -0.3 is 28.2 Å². The van der Waals surface area contributed by atoms with E-state index in [2.05, 4.69) is 26.9 Å². The maximum absolute atomic E-state index is 14.0. The molecule has 220 valence electrons. The van der Waals surface area contributed by atoms with Gasteiger partial charge in [-0.1, -0.05) is 12.1 Å². The topological polar surface area (TPSA) is 73.4 Å². The highest BCUT2D eigenvalue weighted by Gasteiger charge is 2.56. The van der Waals surface area contributed by atoms with Gasteiger partial charge in [0.1, 0.15) is 0 Å². The van der Waals surface area contributed by atoms with Crippen LogP contribution in [0.25, 0.3) is 0 Å². The van der Waals surface area contributed by atoms with Gasteiger partial charge >= 0.3 is 20.9 Å². The molecule has 2 aromatic rings. The van der Waals surface area contributed by atoms with Crippen molar-refractivity contribution in [2.75, 3.05) is 49.2 Å². The Morgan fingerprint density at radius 3 is 1.80 bits per heavy atom. The lowest BCUT2D eigenvalue weighted by molar-refractivity contribution is -0.137. The number of benzene rings is 1. The van der Waals surface area contributed by atoms with Crippen LogP contribution in [0.5, 0.6) is 0 Å². The SMILES string of the molecule is CCOP(=O)(OCC)C(c1ccc(N2CCN(c3ccc(B4OC(C)(C)C(C)(C)O4)cc3)CC2)cn1)C(F)(F)F. The highest BCUT2D eigenvalue weighted by atomic mass is 31.2. The van der Waals surface area contributed by atoms with Gasteiger partial charge in [-0.25, -0.2) is 0 Å². The molecule has 1 aromatic heterocycles. The van der Waals surface area contributed by atoms with E-state index < -0.39 is 37.8 Å². The average Bonchev–Trinajstić information content (AvgIpc) is 3.11. The van der Waals surface area contributed by atoms with E-state index in [1.807, 2.05) is 39.8 Å². The van der Waals surface area contributed by atoms with Gasteiger partial charge in [0.2, 0.25) is 0 Å². The van der Waals surface area contributed by atoms with E-state index in [4.69, 9.17) is 18.4 Å². The minimum atomic E-state index is -4.85. The van der Waals surface area contributed by atoms with Crippen molar-refractivity contribution in [3.63, 3.8) is 0 Å². The molecule has 3 heterocycles. The van der Waals surface area contributed by atoms with E-state index in [0.29, 0.717) is 18.8 Å². The summed E-state index contributed by atoms with van der Waals surface area (Å²) >= 11 is 0. The Bertz CT molecular complexity index is 1160. The lowest BCUT2D eigenvalue weighted by Crippen LogP contribution is -2.46. The van der Waals surface area contributed by atoms with Gasteiger partial charge in [-0.05, 0) is 71.3 Å². The first-order chi connectivity index (χ1) is 18.7. The summed E-state index contributed by atoms with van der Waals surface area (Å²) in [5.74, 6) is 0. The number of halogens is 3. The lowest BCUT2D eigenvalue weighted by Gasteiger charge is -2.37. The number of pyridine rings is 1. The second-order valence-corrected chi connectivity index (χ2v) is 13.0. The maximum Gasteiger partial charge on any atom is 0.494 e. The molecule has 0 spiro atoms. The summed E-state index contributed by atoms with van der Waals surface area (Å²) < 4.78 is 77.3. The van der Waals surface area contributed by atoms with Gasteiger partial charge in [0.05, 0.1) is 42.0 Å². The third-order valence-corrected chi connectivity index (χ3v) is 10.1. The van der Waals surface area contributed by atoms with E-state index in [1.165, 1.54) is 26.1 Å². The monoisotopic (exact) mass is 583 g/mol. The predicted octanol–water partition coefficient (Wildman–Crippen LogP) is 5.58. The van der Waals surface area contributed by atoms with Gasteiger partial charge in [0, 0.05) is 31.9 Å². The van der Waals surface area contributed by atoms with Gasteiger partial charge in [0.25, 0.3) is 0 Å². The van der Waals surface area contributed by atoms with E-state index in [1.54, 1.807) is 6.07 Å². The molecule has 0 saturated carbocycles. The molecule has 1 unspecified atom stereocenters. The zero-order valence-electron chi connectivity index (χ0n) is 23.9. The highest BCUT2D eigenvalue weighted by Crippen LogP contribution is 2.66. The van der Waals surface area contributed by atoms with Crippen molar-refractivity contribution in [1.82, 2.24) is 4.98 Å². The summed E-state index contributed by atoms with van der Waals surface area (Å²) in [4.78, 5) is 8.39. The number of hydrogen-bond acceptors (Lipinski definition) is 8. The first-order valence-electron chi connectivity index (χ1n) is 13.6. The van der Waals surface area contributed by atoms with Crippen molar-refractivity contribution in [2.24, 2.45) is 0 Å². The maximum atomic E-state index is 14.0. The molecule has 0 N–H and O–H groups in total. The van der Waals surface area contributed by atoms with E-state index >= 15 is 0 Å². The zero-order chi connectivity index (χ0) is 29.3. The number of alkyl halides is 3. The number of aromatic nitrogens is 1. The second-order valence-electron chi connectivity index (χ2n) is 10.9. The molecule has 2 aliphatic rings. The molecule has 4 rings (SSSR count). The summed E-state index contributed by atoms with van der Waals surface area (Å²) in [6.45, 7) is 13.5. The highest BCUT2D eigenvalue weighted by molar-refractivity contribution is 7.54. The summed E-state index contributed by atoms with van der Waals surface area (Å²) in [6.07, 6.45) is -3.46. The Balaban J connectivity index is 1.40. The molecule has 0 amide bonds. The van der Waals surface area contributed by atoms with Crippen molar-refractivity contribution in [3.05, 3.63) is 48.3 Å². The molecule has 40 heavy (non-hydrogen) atoms. The quantitative estimate of drug-likeness (QED) is 0.280. The Morgan fingerprint density at radius 2 is 1.38 bits per heavy atom. The van der Waals surface area contributed by atoms with E-state index in [-0.39, 0.29) is 18.9 Å². The van der Waals surface area contributed by atoms with Gasteiger partial charge in [0.15, 0.2) is 5.66 Å². The number of nitrogens with zero attached hydrogens (tertiary/aromatic N) is 3. The van der Waals surface area contributed by atoms with Crippen molar-refractivity contribution >= 4 is 31.6 Å². The van der Waals surface area contributed by atoms with Crippen molar-refractivity contribution in [1.29, 1.82) is 0 Å². The Kier molecular flexibility index (Phi) is 8.98. The van der Waals surface area contributed by atoms with Gasteiger partial charge in [-0.3, -0.25) is 9.55 Å². The molecule has 0 aliphatic carbocycles. The average molecular weight is 583 g/mol. The van der Waals surface area contributed by atoms with Crippen LogP contribution in [-0.2, 0) is 22.9 Å². The normalized spacial score (nSPS) is 20.2. The van der Waals surface area contributed by atoms with Crippen LogP contribution in [0.2, 0.25) is 0 Å². The number of hydrogen-bond donors (Lipinski definition) is 0. The van der Waals surface area contributed by atoms with Crippen LogP contribution in [0.4, 0.5) is 24.5 Å². The molecular formula is C27H38BF3N3O5P. The Labute approximate surface area is 234 Å². The number of anilines is 2. The third kappa shape index (κ3) is 6.36. The van der Waals surface area contributed by atoms with Crippen molar-refractivity contribution in [3.8, 4) is 0 Å². The Hall–Kier alpha value is -2.11. The molecule has 13 heteroatoms. The van der Waals surface area contributed by atoms with Crippen molar-refractivity contribution in [2.45, 2.75) is 64.6 Å². The number of piperazine rings is 1. The largest absolute Gasteiger partial charge is 0.494 e. The fourth-order valence-corrected chi connectivity index (χ4v) is 6.77. The molecule has 2 saturated heterocycles. The smallest absolute Gasteiger partial charge is 0.399 e. The van der Waals surface area contributed by atoms with Gasteiger partial charge in [-0.2, -0.15) is 13.2 Å². The molecule has 0 bridgehead atoms. The summed E-state index contributed by atoms with van der Waals surface area (Å²) in [7, 11) is -4.93. The Morgan fingerprint density at radius 1 is 0.900 bits per heavy atom. The number of rotatable bonds is 9. The van der Waals surface area contributed by atoms with Crippen LogP contribution < -0.4 is 15.3 Å². The molecule has 1 atom stereocenters. The molecule has 0 radical (unpaired) electrons. The lowest BCUT2D eigenvalue weighted by atomic mass is 9.79. The first-order valence-corrected chi connectivity index (χ1v) is 15.2. The minimum Gasteiger partial charge on any atom is -0.399 e. The van der Waals surface area contributed by atoms with Crippen LogP contribution in [0.3, 0.4) is 0 Å². The third-order valence-electron chi connectivity index (χ3n) is 7.72. The molecule has 8 nitrogen and oxygen atoms in total. The van der Waals surface area contributed by atoms with Crippen LogP contribution in [0.1, 0.15) is 52.9 Å². The van der Waals surface area contributed by atoms with Crippen LogP contribution in [0.15, 0.2) is 42.6 Å². The zero-order valence-corrected chi connectivity index (χ0v) is 24.8. The second kappa shape index (κ2) is 11.6. The standard InChI is InChI=1S/C27H38BF3N3O5P/c1-7-36-40(35,37-8-2)24(27(29,30)31)23-14-13-22(19-32-23)34-17-15-33(16-18-34)21-11-9-20(10-12-21)28-38-25(3,4)26(5,6)39-28/h9-14,19,24H,7-8,15-18H2,1-6H3. The first kappa shape index (κ1) is 30.8. The molecule has 1 aromatic carbocycles. The van der Waals surface area contributed by atoms with E-state index in [9.17, 15) is 17.7 Å². The minimum absolute atomic E-state index is 0.173. The van der Waals surface area contributed by atoms with Gasteiger partial charge in [-0.15, -0.1) is 0 Å². The summed E-state index contributed by atoms with van der Waals surface area (Å²) in [5, 5.41) is 0. The van der Waals surface area contributed by atoms with E-state index in [0.717, 1.165) is 24.2 Å². The fraction of sp³-hybridized carbons (Fsp3) is 0.593. The fourth-order valence-electron chi connectivity index (χ4n) is 4.85. The molecule has 2 aliphatic heterocycles. The summed E-state index contributed by atoms with van der Waals surface area (Å²) in [5.41, 5.74) is -0.915. The van der Waals surface area contributed by atoms with Crippen LogP contribution in [0, 0.1) is 0 Å².